The maximum atomic E-state index is 13.3. The number of nitro benzene ring substituents is 1. The van der Waals surface area contributed by atoms with E-state index in [0.29, 0.717) is 6.54 Å². The Morgan fingerprint density at radius 3 is 2.82 bits per heavy atom. The molecule has 1 unspecified atom stereocenters. The normalized spacial score (nSPS) is 12.2. The van der Waals surface area contributed by atoms with Crippen molar-refractivity contribution in [1.29, 1.82) is 0 Å². The molecule has 0 heterocycles. The molecule has 0 saturated carbocycles. The van der Waals surface area contributed by atoms with E-state index in [1.54, 1.807) is 0 Å². The third-order valence-corrected chi connectivity index (χ3v) is 2.92. The Labute approximate surface area is 106 Å². The fraction of sp³-hybridized carbons (Fsp3) is 0.400. The van der Waals surface area contributed by atoms with Crippen LogP contribution in [-0.4, -0.2) is 17.5 Å². The minimum atomic E-state index is -0.565. The molecule has 3 N–H and O–H groups in total. The van der Waals surface area contributed by atoms with Crippen molar-refractivity contribution in [2.75, 3.05) is 11.9 Å². The minimum absolute atomic E-state index is 0.0644. The van der Waals surface area contributed by atoms with Crippen LogP contribution in [0.25, 0.3) is 0 Å². The Bertz CT molecular complexity index is 428. The second-order valence-electron chi connectivity index (χ2n) is 3.59. The zero-order valence-corrected chi connectivity index (χ0v) is 10.8. The van der Waals surface area contributed by atoms with E-state index in [0.717, 1.165) is 18.6 Å². The lowest BCUT2D eigenvalue weighted by Crippen LogP contribution is -2.28. The summed E-state index contributed by atoms with van der Waals surface area (Å²) in [7, 11) is 0. The second-order valence-corrected chi connectivity index (χ2v) is 4.44. The van der Waals surface area contributed by atoms with Gasteiger partial charge in [0.25, 0.3) is 5.69 Å². The number of anilines is 1. The molecular formula is C10H13BrFN3O2. The molecule has 0 bridgehead atoms. The van der Waals surface area contributed by atoms with E-state index in [4.69, 9.17) is 5.73 Å². The van der Waals surface area contributed by atoms with Gasteiger partial charge in [-0.25, -0.2) is 4.39 Å². The first-order valence-corrected chi connectivity index (χ1v) is 5.87. The summed E-state index contributed by atoms with van der Waals surface area (Å²) in [6.45, 7) is 2.27. The highest BCUT2D eigenvalue weighted by molar-refractivity contribution is 9.10. The summed E-state index contributed by atoms with van der Waals surface area (Å²) >= 11 is 2.91. The van der Waals surface area contributed by atoms with Crippen molar-refractivity contribution < 1.29 is 9.31 Å². The number of nitrogens with two attached hydrogens (primary N) is 1. The lowest BCUT2D eigenvalue weighted by atomic mass is 10.2. The van der Waals surface area contributed by atoms with Gasteiger partial charge < -0.3 is 11.1 Å². The van der Waals surface area contributed by atoms with E-state index < -0.39 is 10.7 Å². The molecular weight excluding hydrogens is 293 g/mol. The Kier molecular flexibility index (Phi) is 4.83. The Balaban J connectivity index is 2.96. The third-order valence-electron chi connectivity index (χ3n) is 2.31. The van der Waals surface area contributed by atoms with Crippen molar-refractivity contribution in [3.63, 3.8) is 0 Å². The smallest absolute Gasteiger partial charge is 0.293 e. The highest BCUT2D eigenvalue weighted by atomic mass is 79.9. The van der Waals surface area contributed by atoms with E-state index in [-0.39, 0.29) is 21.9 Å². The number of halogens is 2. The molecule has 0 aliphatic carbocycles. The fourth-order valence-electron chi connectivity index (χ4n) is 1.21. The molecule has 0 spiro atoms. The van der Waals surface area contributed by atoms with Crippen LogP contribution >= 0.6 is 15.9 Å². The summed E-state index contributed by atoms with van der Waals surface area (Å²) in [6.07, 6.45) is 0.736. The number of nitro groups is 1. The molecule has 7 heteroatoms. The standard InChI is InChI=1S/C10H13BrFN3O2/c1-2-6(13)5-14-9-4-8(12)7(11)3-10(9)15(16)17/h3-4,6,14H,2,5,13H2,1H3. The van der Waals surface area contributed by atoms with Gasteiger partial charge in [0.05, 0.1) is 9.40 Å². The van der Waals surface area contributed by atoms with Crippen LogP contribution in [0.3, 0.4) is 0 Å². The predicted molar refractivity (Wildman–Crippen MR) is 67.5 cm³/mol. The van der Waals surface area contributed by atoms with Gasteiger partial charge in [0.1, 0.15) is 11.5 Å². The first kappa shape index (κ1) is 13.9. The lowest BCUT2D eigenvalue weighted by molar-refractivity contribution is -0.384. The van der Waals surface area contributed by atoms with Gasteiger partial charge in [-0.05, 0) is 22.4 Å². The maximum absolute atomic E-state index is 13.3. The summed E-state index contributed by atoms with van der Waals surface area (Å²) in [5.74, 6) is -0.553. The number of nitrogens with one attached hydrogen (secondary N) is 1. The summed E-state index contributed by atoms with van der Waals surface area (Å²) in [5, 5.41) is 13.6. The summed E-state index contributed by atoms with van der Waals surface area (Å²) in [5.41, 5.74) is 5.64. The molecule has 0 radical (unpaired) electrons. The summed E-state index contributed by atoms with van der Waals surface area (Å²) in [4.78, 5) is 10.2. The second kappa shape index (κ2) is 5.92. The predicted octanol–water partition coefficient (Wildman–Crippen LogP) is 2.65. The van der Waals surface area contributed by atoms with Gasteiger partial charge in [0.15, 0.2) is 0 Å². The van der Waals surface area contributed by atoms with Crippen LogP contribution in [0.15, 0.2) is 16.6 Å². The summed E-state index contributed by atoms with van der Waals surface area (Å²) < 4.78 is 13.4. The molecule has 0 fully saturated rings. The van der Waals surface area contributed by atoms with E-state index >= 15 is 0 Å². The Hall–Kier alpha value is -1.21. The molecule has 1 rings (SSSR count). The minimum Gasteiger partial charge on any atom is -0.378 e. The van der Waals surface area contributed by atoms with Crippen LogP contribution in [0.5, 0.6) is 0 Å². The molecule has 0 aliphatic rings. The highest BCUT2D eigenvalue weighted by Gasteiger charge is 2.17. The van der Waals surface area contributed by atoms with E-state index in [1.807, 2.05) is 6.92 Å². The van der Waals surface area contributed by atoms with Crippen molar-refractivity contribution in [2.24, 2.45) is 5.73 Å². The molecule has 17 heavy (non-hydrogen) atoms. The first-order valence-electron chi connectivity index (χ1n) is 5.08. The molecule has 1 aromatic rings. The van der Waals surface area contributed by atoms with Crippen LogP contribution in [0.2, 0.25) is 0 Å². The van der Waals surface area contributed by atoms with Gasteiger partial charge >= 0.3 is 0 Å². The third kappa shape index (κ3) is 3.64. The number of nitrogens with zero attached hydrogens (tertiary/aromatic N) is 1. The van der Waals surface area contributed by atoms with Crippen molar-refractivity contribution in [3.8, 4) is 0 Å². The highest BCUT2D eigenvalue weighted by Crippen LogP contribution is 2.30. The molecule has 0 aromatic heterocycles. The molecule has 1 atom stereocenters. The SMILES string of the molecule is CCC(N)CNc1cc(F)c(Br)cc1[N+](=O)[O-]. The van der Waals surface area contributed by atoms with Gasteiger partial charge in [0, 0.05) is 24.7 Å². The average Bonchev–Trinajstić information content (AvgIpc) is 2.29. The molecule has 1 aromatic carbocycles. The zero-order valence-electron chi connectivity index (χ0n) is 9.24. The van der Waals surface area contributed by atoms with Crippen LogP contribution in [0, 0.1) is 15.9 Å². The molecule has 5 nitrogen and oxygen atoms in total. The van der Waals surface area contributed by atoms with Gasteiger partial charge in [-0.1, -0.05) is 6.92 Å². The Morgan fingerprint density at radius 1 is 1.65 bits per heavy atom. The van der Waals surface area contributed by atoms with Crippen molar-refractivity contribution in [3.05, 3.63) is 32.5 Å². The number of benzene rings is 1. The number of hydrogen-bond donors (Lipinski definition) is 2. The van der Waals surface area contributed by atoms with Gasteiger partial charge in [0.2, 0.25) is 0 Å². The quantitative estimate of drug-likeness (QED) is 0.647. The van der Waals surface area contributed by atoms with Crippen LogP contribution in [0.1, 0.15) is 13.3 Å². The first-order chi connectivity index (χ1) is 7.95. The Morgan fingerprint density at radius 2 is 2.29 bits per heavy atom. The van der Waals surface area contributed by atoms with Crippen molar-refractivity contribution >= 4 is 27.3 Å². The largest absolute Gasteiger partial charge is 0.378 e. The van der Waals surface area contributed by atoms with E-state index in [2.05, 4.69) is 21.2 Å². The van der Waals surface area contributed by atoms with Crippen LogP contribution in [0.4, 0.5) is 15.8 Å². The summed E-state index contributed by atoms with van der Waals surface area (Å²) in [6, 6.07) is 2.10. The van der Waals surface area contributed by atoms with Crippen molar-refractivity contribution in [1.82, 2.24) is 0 Å². The van der Waals surface area contributed by atoms with Crippen LogP contribution in [-0.2, 0) is 0 Å². The number of hydrogen-bond acceptors (Lipinski definition) is 4. The van der Waals surface area contributed by atoms with Gasteiger partial charge in [-0.15, -0.1) is 0 Å². The fourth-order valence-corrected chi connectivity index (χ4v) is 1.55. The molecule has 0 aliphatic heterocycles. The maximum Gasteiger partial charge on any atom is 0.293 e. The number of rotatable bonds is 5. The lowest BCUT2D eigenvalue weighted by Gasteiger charge is -2.12. The monoisotopic (exact) mass is 305 g/mol. The van der Waals surface area contributed by atoms with Gasteiger partial charge in [-0.3, -0.25) is 10.1 Å². The zero-order chi connectivity index (χ0) is 13.0. The topological polar surface area (TPSA) is 81.2 Å². The van der Waals surface area contributed by atoms with E-state index in [9.17, 15) is 14.5 Å². The molecule has 0 saturated heterocycles. The van der Waals surface area contributed by atoms with Gasteiger partial charge in [-0.2, -0.15) is 0 Å². The molecule has 0 amide bonds. The van der Waals surface area contributed by atoms with Crippen LogP contribution < -0.4 is 11.1 Å². The average molecular weight is 306 g/mol. The van der Waals surface area contributed by atoms with E-state index in [1.165, 1.54) is 0 Å². The molecule has 94 valence electrons. The van der Waals surface area contributed by atoms with Crippen molar-refractivity contribution in [2.45, 2.75) is 19.4 Å².